The maximum absolute atomic E-state index is 13.0. The molecule has 5 nitrogen and oxygen atoms in total. The van der Waals surface area contributed by atoms with Crippen molar-refractivity contribution in [3.05, 3.63) is 58.8 Å². The Kier molecular flexibility index (Phi) is 5.76. The Morgan fingerprint density at radius 2 is 2.08 bits per heavy atom. The molecule has 0 fully saturated rings. The van der Waals surface area contributed by atoms with Crippen LogP contribution in [0.2, 0.25) is 5.02 Å². The molecule has 126 valence electrons. The number of hydrogen-bond acceptors (Lipinski definition) is 4. The van der Waals surface area contributed by atoms with Crippen molar-refractivity contribution in [1.29, 1.82) is 0 Å². The molecule has 1 aromatic heterocycles. The number of carbonyl (C=O) groups excluding carboxylic acids is 2. The molecule has 24 heavy (non-hydrogen) atoms. The second-order valence-corrected chi connectivity index (χ2v) is 5.38. The second kappa shape index (κ2) is 7.79. The highest BCUT2D eigenvalue weighted by Gasteiger charge is 2.18. The number of amides is 1. The number of furan rings is 1. The number of hydrogen-bond donors (Lipinski definition) is 1. The summed E-state index contributed by atoms with van der Waals surface area (Å²) in [5.41, 5.74) is 0.229. The van der Waals surface area contributed by atoms with Crippen LogP contribution in [0.5, 0.6) is 0 Å². The van der Waals surface area contributed by atoms with E-state index in [2.05, 4.69) is 5.32 Å². The van der Waals surface area contributed by atoms with E-state index in [-0.39, 0.29) is 10.7 Å². The van der Waals surface area contributed by atoms with Crippen LogP contribution in [0.3, 0.4) is 0 Å². The zero-order valence-electron chi connectivity index (χ0n) is 13.0. The van der Waals surface area contributed by atoms with E-state index in [4.69, 9.17) is 20.8 Å². The zero-order valence-corrected chi connectivity index (χ0v) is 13.8. The van der Waals surface area contributed by atoms with Gasteiger partial charge in [0.1, 0.15) is 17.3 Å². The summed E-state index contributed by atoms with van der Waals surface area (Å²) in [5, 5.41) is 2.51. The van der Waals surface area contributed by atoms with Gasteiger partial charge in [-0.3, -0.25) is 4.79 Å². The maximum Gasteiger partial charge on any atom is 0.331 e. The molecule has 0 spiro atoms. The minimum atomic E-state index is -1.05. The van der Waals surface area contributed by atoms with Gasteiger partial charge in [-0.15, -0.1) is 0 Å². The van der Waals surface area contributed by atoms with E-state index in [1.165, 1.54) is 19.1 Å². The molecule has 1 atom stereocenters. The average molecular weight is 352 g/mol. The number of benzene rings is 1. The number of anilines is 1. The summed E-state index contributed by atoms with van der Waals surface area (Å²) in [7, 11) is 0. The van der Waals surface area contributed by atoms with Gasteiger partial charge in [-0.1, -0.05) is 11.6 Å². The highest BCUT2D eigenvalue weighted by atomic mass is 35.5. The fourth-order valence-electron chi connectivity index (χ4n) is 1.79. The Morgan fingerprint density at radius 3 is 2.71 bits per heavy atom. The molecule has 1 aromatic carbocycles. The van der Waals surface area contributed by atoms with Gasteiger partial charge in [0.15, 0.2) is 6.10 Å². The second-order valence-electron chi connectivity index (χ2n) is 4.97. The van der Waals surface area contributed by atoms with Crippen molar-refractivity contribution in [3.8, 4) is 0 Å². The number of esters is 1. The number of carbonyl (C=O) groups is 2. The summed E-state index contributed by atoms with van der Waals surface area (Å²) < 4.78 is 23.2. The Morgan fingerprint density at radius 1 is 1.33 bits per heavy atom. The van der Waals surface area contributed by atoms with Crippen LogP contribution >= 0.6 is 11.6 Å². The van der Waals surface area contributed by atoms with E-state index in [9.17, 15) is 14.0 Å². The first-order valence-electron chi connectivity index (χ1n) is 7.06. The molecule has 0 aliphatic carbocycles. The molecule has 2 aromatic rings. The Labute approximate surface area is 143 Å². The van der Waals surface area contributed by atoms with Gasteiger partial charge in [0.05, 0.1) is 10.7 Å². The van der Waals surface area contributed by atoms with Gasteiger partial charge >= 0.3 is 5.97 Å². The van der Waals surface area contributed by atoms with Gasteiger partial charge in [0, 0.05) is 6.08 Å². The first kappa shape index (κ1) is 17.7. The standard InChI is InChI=1S/C17H15ClFNO4/c1-10-3-5-13(23-10)6-8-16(21)24-11(2)17(22)20-15-7-4-12(19)9-14(15)18/h3-9,11H,1-2H3,(H,20,22)/b8-6+. The van der Waals surface area contributed by atoms with Gasteiger partial charge in [0.2, 0.25) is 0 Å². The van der Waals surface area contributed by atoms with Crippen molar-refractivity contribution in [2.45, 2.75) is 20.0 Å². The lowest BCUT2D eigenvalue weighted by Gasteiger charge is -2.13. The third-order valence-electron chi connectivity index (χ3n) is 3.00. The lowest BCUT2D eigenvalue weighted by atomic mass is 10.3. The minimum absolute atomic E-state index is 0.0509. The zero-order chi connectivity index (χ0) is 17.7. The van der Waals surface area contributed by atoms with Crippen molar-refractivity contribution in [2.24, 2.45) is 0 Å². The smallest absolute Gasteiger partial charge is 0.331 e. The lowest BCUT2D eigenvalue weighted by molar-refractivity contribution is -0.148. The Hall–Kier alpha value is -2.60. The normalized spacial score (nSPS) is 12.2. The van der Waals surface area contributed by atoms with Gasteiger partial charge < -0.3 is 14.5 Å². The van der Waals surface area contributed by atoms with Crippen LogP contribution in [0, 0.1) is 12.7 Å². The van der Waals surface area contributed by atoms with Crippen LogP contribution in [0.1, 0.15) is 18.4 Å². The lowest BCUT2D eigenvalue weighted by Crippen LogP contribution is -2.29. The van der Waals surface area contributed by atoms with Crippen molar-refractivity contribution >= 4 is 35.2 Å². The number of aryl methyl sites for hydroxylation is 1. The fourth-order valence-corrected chi connectivity index (χ4v) is 2.00. The quantitative estimate of drug-likeness (QED) is 0.654. The van der Waals surface area contributed by atoms with Crippen molar-refractivity contribution in [1.82, 2.24) is 0 Å². The third-order valence-corrected chi connectivity index (χ3v) is 3.31. The predicted octanol–water partition coefficient (Wildman–Crippen LogP) is 3.96. The summed E-state index contributed by atoms with van der Waals surface area (Å²) in [5.74, 6) is -0.585. The van der Waals surface area contributed by atoms with E-state index in [1.807, 2.05) is 0 Å². The van der Waals surface area contributed by atoms with E-state index in [1.54, 1.807) is 19.1 Å². The molecule has 7 heteroatoms. The SMILES string of the molecule is Cc1ccc(/C=C/C(=O)OC(C)C(=O)Nc2ccc(F)cc2Cl)o1. The Bertz CT molecular complexity index is 785. The molecule has 0 aliphatic rings. The third kappa shape index (κ3) is 4.96. The summed E-state index contributed by atoms with van der Waals surface area (Å²) in [6, 6.07) is 7.01. The number of nitrogens with one attached hydrogen (secondary N) is 1. The van der Waals surface area contributed by atoms with Crippen LogP contribution in [-0.2, 0) is 14.3 Å². The van der Waals surface area contributed by atoms with Crippen LogP contribution in [-0.4, -0.2) is 18.0 Å². The fraction of sp³-hybridized carbons (Fsp3) is 0.176. The van der Waals surface area contributed by atoms with Crippen molar-refractivity contribution in [3.63, 3.8) is 0 Å². The molecule has 0 saturated heterocycles. The first-order valence-corrected chi connectivity index (χ1v) is 7.44. The Balaban J connectivity index is 1.90. The van der Waals surface area contributed by atoms with E-state index >= 15 is 0 Å². The van der Waals surface area contributed by atoms with Crippen LogP contribution in [0.4, 0.5) is 10.1 Å². The van der Waals surface area contributed by atoms with Crippen LogP contribution in [0.25, 0.3) is 6.08 Å². The summed E-state index contributed by atoms with van der Waals surface area (Å²) >= 11 is 5.82. The topological polar surface area (TPSA) is 68.5 Å². The first-order chi connectivity index (χ1) is 11.3. The van der Waals surface area contributed by atoms with Crippen molar-refractivity contribution < 1.29 is 23.1 Å². The molecule has 0 saturated carbocycles. The molecule has 0 radical (unpaired) electrons. The summed E-state index contributed by atoms with van der Waals surface area (Å²) in [6.45, 7) is 3.19. The summed E-state index contributed by atoms with van der Waals surface area (Å²) in [6.07, 6.45) is 1.55. The number of ether oxygens (including phenoxy) is 1. The highest BCUT2D eigenvalue weighted by molar-refractivity contribution is 6.33. The molecule has 1 amide bonds. The molecular weight excluding hydrogens is 337 g/mol. The molecule has 2 rings (SSSR count). The van der Waals surface area contributed by atoms with Gasteiger partial charge in [-0.25, -0.2) is 9.18 Å². The van der Waals surface area contributed by atoms with Gasteiger partial charge in [0.25, 0.3) is 5.91 Å². The summed E-state index contributed by atoms with van der Waals surface area (Å²) in [4.78, 5) is 23.7. The number of halogens is 2. The molecule has 1 N–H and O–H groups in total. The predicted molar refractivity (Wildman–Crippen MR) is 88.1 cm³/mol. The molecule has 1 unspecified atom stereocenters. The number of rotatable bonds is 5. The van der Waals surface area contributed by atoms with Crippen LogP contribution in [0.15, 0.2) is 40.8 Å². The largest absolute Gasteiger partial charge is 0.462 e. The maximum atomic E-state index is 13.0. The van der Waals surface area contributed by atoms with Gasteiger partial charge in [-0.2, -0.15) is 0 Å². The molecule has 1 heterocycles. The molecule has 0 aliphatic heterocycles. The monoisotopic (exact) mass is 351 g/mol. The highest BCUT2D eigenvalue weighted by Crippen LogP contribution is 2.22. The van der Waals surface area contributed by atoms with E-state index in [0.717, 1.165) is 18.2 Å². The molecular formula is C17H15ClFNO4. The van der Waals surface area contributed by atoms with E-state index < -0.39 is 23.8 Å². The average Bonchev–Trinajstić information content (AvgIpc) is 2.93. The minimum Gasteiger partial charge on any atom is -0.462 e. The molecule has 0 bridgehead atoms. The van der Waals surface area contributed by atoms with Gasteiger partial charge in [-0.05, 0) is 50.3 Å². The van der Waals surface area contributed by atoms with E-state index in [0.29, 0.717) is 11.5 Å². The van der Waals surface area contributed by atoms with Crippen LogP contribution < -0.4 is 5.32 Å². The van der Waals surface area contributed by atoms with Crippen molar-refractivity contribution in [2.75, 3.05) is 5.32 Å².